The molecule has 0 atom stereocenters. The summed E-state index contributed by atoms with van der Waals surface area (Å²) in [4.78, 5) is 12.5. The largest absolute Gasteiger partial charge is 0.493 e. The highest BCUT2D eigenvalue weighted by molar-refractivity contribution is 6.10. The average Bonchev–Trinajstić information content (AvgIpc) is 3.10. The van der Waals surface area contributed by atoms with Gasteiger partial charge < -0.3 is 19.4 Å². The van der Waals surface area contributed by atoms with Crippen molar-refractivity contribution in [1.82, 2.24) is 4.57 Å². The number of carbonyl (C=O) groups is 1. The number of methoxy groups -OCH3 is 2. The van der Waals surface area contributed by atoms with Crippen LogP contribution in [-0.2, 0) is 11.3 Å². The highest BCUT2D eigenvalue weighted by Gasteiger charge is 2.10. The number of aromatic nitrogens is 1. The summed E-state index contributed by atoms with van der Waals surface area (Å²) in [5.74, 6) is 1.08. The zero-order chi connectivity index (χ0) is 21.1. The topological polar surface area (TPSA) is 52.5 Å². The Bertz CT molecular complexity index is 1250. The lowest BCUT2D eigenvalue weighted by Crippen LogP contribution is -2.07. The van der Waals surface area contributed by atoms with Crippen molar-refractivity contribution < 1.29 is 14.3 Å². The van der Waals surface area contributed by atoms with Crippen molar-refractivity contribution >= 4 is 39.5 Å². The summed E-state index contributed by atoms with van der Waals surface area (Å²) in [5, 5.41) is 5.28. The highest BCUT2D eigenvalue weighted by Crippen LogP contribution is 2.31. The molecule has 5 nitrogen and oxygen atoms in total. The third kappa shape index (κ3) is 3.62. The van der Waals surface area contributed by atoms with Gasteiger partial charge in [0.1, 0.15) is 0 Å². The summed E-state index contributed by atoms with van der Waals surface area (Å²) in [6.45, 7) is 3.03. The van der Waals surface area contributed by atoms with Gasteiger partial charge in [-0.3, -0.25) is 4.79 Å². The molecular weight excluding hydrogens is 376 g/mol. The zero-order valence-corrected chi connectivity index (χ0v) is 17.3. The molecule has 0 saturated carbocycles. The van der Waals surface area contributed by atoms with Gasteiger partial charge in [0.15, 0.2) is 11.5 Å². The number of hydrogen-bond donors (Lipinski definition) is 1. The van der Waals surface area contributed by atoms with E-state index in [2.05, 4.69) is 41.1 Å². The van der Waals surface area contributed by atoms with Crippen molar-refractivity contribution in [2.45, 2.75) is 13.5 Å². The molecule has 0 aliphatic heterocycles. The molecule has 0 spiro atoms. The van der Waals surface area contributed by atoms with E-state index in [1.54, 1.807) is 20.3 Å². The summed E-state index contributed by atoms with van der Waals surface area (Å²) >= 11 is 0. The summed E-state index contributed by atoms with van der Waals surface area (Å²) in [6.07, 6.45) is 3.26. The third-order valence-corrected chi connectivity index (χ3v) is 5.19. The minimum atomic E-state index is -0.191. The van der Waals surface area contributed by atoms with Crippen LogP contribution in [0.25, 0.3) is 27.9 Å². The fourth-order valence-corrected chi connectivity index (χ4v) is 3.78. The Morgan fingerprint density at radius 1 is 0.933 bits per heavy atom. The Morgan fingerprint density at radius 2 is 1.70 bits per heavy atom. The molecule has 0 saturated heterocycles. The minimum Gasteiger partial charge on any atom is -0.493 e. The quantitative estimate of drug-likeness (QED) is 0.436. The third-order valence-electron chi connectivity index (χ3n) is 5.19. The lowest BCUT2D eigenvalue weighted by atomic mass is 10.1. The van der Waals surface area contributed by atoms with E-state index in [0.29, 0.717) is 11.5 Å². The fourth-order valence-electron chi connectivity index (χ4n) is 3.78. The van der Waals surface area contributed by atoms with E-state index in [-0.39, 0.29) is 5.91 Å². The molecule has 0 aliphatic carbocycles. The van der Waals surface area contributed by atoms with Crippen LogP contribution in [0.15, 0.2) is 66.7 Å². The van der Waals surface area contributed by atoms with E-state index in [4.69, 9.17) is 9.47 Å². The number of carbonyl (C=O) groups excluding carboxylic acids is 1. The number of nitrogens with zero attached hydrogens (tertiary/aromatic N) is 1. The Hall–Kier alpha value is -3.73. The number of anilines is 1. The number of amides is 1. The van der Waals surface area contributed by atoms with Gasteiger partial charge in [-0.2, -0.15) is 0 Å². The van der Waals surface area contributed by atoms with Gasteiger partial charge in [0.05, 0.1) is 14.2 Å². The van der Waals surface area contributed by atoms with Crippen LogP contribution in [0.5, 0.6) is 11.5 Å². The summed E-state index contributed by atoms with van der Waals surface area (Å²) in [6, 6.07) is 19.9. The normalized spacial score (nSPS) is 11.3. The molecule has 152 valence electrons. The lowest BCUT2D eigenvalue weighted by Gasteiger charge is -2.07. The molecule has 1 amide bonds. The van der Waals surface area contributed by atoms with Crippen LogP contribution < -0.4 is 14.8 Å². The Balaban J connectivity index is 1.57. The number of hydrogen-bond acceptors (Lipinski definition) is 3. The van der Waals surface area contributed by atoms with Gasteiger partial charge in [0, 0.05) is 40.1 Å². The van der Waals surface area contributed by atoms with Crippen LogP contribution in [0.4, 0.5) is 5.69 Å². The molecule has 3 aromatic carbocycles. The standard InChI is InChI=1S/C25H24N2O3/c1-4-27-21-8-6-5-7-19(21)20-16-18(11-12-22(20)27)26-25(28)14-10-17-9-13-23(29-2)24(15-17)30-3/h5-16H,4H2,1-3H3,(H,26,28)/b14-10+. The molecule has 0 bridgehead atoms. The summed E-state index contributed by atoms with van der Waals surface area (Å²) < 4.78 is 12.8. The van der Waals surface area contributed by atoms with E-state index in [1.807, 2.05) is 36.4 Å². The number of fused-ring (bicyclic) bond motifs is 3. The predicted octanol–water partition coefficient (Wildman–Crippen LogP) is 5.48. The summed E-state index contributed by atoms with van der Waals surface area (Å²) in [5.41, 5.74) is 3.98. The van der Waals surface area contributed by atoms with Crippen molar-refractivity contribution in [3.63, 3.8) is 0 Å². The van der Waals surface area contributed by atoms with Crippen LogP contribution in [0.2, 0.25) is 0 Å². The monoisotopic (exact) mass is 400 g/mol. The molecule has 1 aromatic heterocycles. The average molecular weight is 400 g/mol. The van der Waals surface area contributed by atoms with Gasteiger partial charge >= 0.3 is 0 Å². The van der Waals surface area contributed by atoms with Crippen molar-refractivity contribution in [1.29, 1.82) is 0 Å². The summed E-state index contributed by atoms with van der Waals surface area (Å²) in [7, 11) is 3.18. The van der Waals surface area contributed by atoms with Gasteiger partial charge in [0.25, 0.3) is 0 Å². The molecule has 4 aromatic rings. The number of aryl methyl sites for hydroxylation is 1. The Morgan fingerprint density at radius 3 is 2.47 bits per heavy atom. The van der Waals surface area contributed by atoms with Crippen molar-refractivity contribution in [3.8, 4) is 11.5 Å². The first kappa shape index (κ1) is 19.6. The zero-order valence-electron chi connectivity index (χ0n) is 17.3. The van der Waals surface area contributed by atoms with Crippen molar-refractivity contribution in [3.05, 3.63) is 72.3 Å². The smallest absolute Gasteiger partial charge is 0.248 e. The molecule has 1 N–H and O–H groups in total. The second-order valence-corrected chi connectivity index (χ2v) is 6.93. The maximum Gasteiger partial charge on any atom is 0.248 e. The molecule has 0 unspecified atom stereocenters. The van der Waals surface area contributed by atoms with E-state index in [1.165, 1.54) is 17.0 Å². The molecule has 0 radical (unpaired) electrons. The van der Waals surface area contributed by atoms with Gasteiger partial charge in [-0.25, -0.2) is 0 Å². The second kappa shape index (κ2) is 8.33. The Labute approximate surface area is 175 Å². The second-order valence-electron chi connectivity index (χ2n) is 6.93. The van der Waals surface area contributed by atoms with Gasteiger partial charge in [-0.05, 0) is 55.0 Å². The molecule has 0 fully saturated rings. The molecular formula is C25H24N2O3. The molecule has 1 heterocycles. The maximum atomic E-state index is 12.5. The number of ether oxygens (including phenoxy) is 2. The van der Waals surface area contributed by atoms with Crippen LogP contribution in [0.3, 0.4) is 0 Å². The first-order chi connectivity index (χ1) is 14.6. The van der Waals surface area contributed by atoms with Gasteiger partial charge in [-0.1, -0.05) is 24.3 Å². The van der Waals surface area contributed by atoms with Crippen LogP contribution in [0.1, 0.15) is 12.5 Å². The lowest BCUT2D eigenvalue weighted by molar-refractivity contribution is -0.111. The van der Waals surface area contributed by atoms with E-state index in [9.17, 15) is 4.79 Å². The molecule has 0 aliphatic rings. The van der Waals surface area contributed by atoms with Gasteiger partial charge in [0.2, 0.25) is 5.91 Å². The predicted molar refractivity (Wildman–Crippen MR) is 122 cm³/mol. The minimum absolute atomic E-state index is 0.191. The number of rotatable bonds is 6. The van der Waals surface area contributed by atoms with Gasteiger partial charge in [-0.15, -0.1) is 0 Å². The number of para-hydroxylation sites is 1. The first-order valence-electron chi connectivity index (χ1n) is 9.86. The van der Waals surface area contributed by atoms with Crippen LogP contribution in [0, 0.1) is 0 Å². The molecule has 4 rings (SSSR count). The van der Waals surface area contributed by atoms with Crippen LogP contribution in [-0.4, -0.2) is 24.7 Å². The number of nitrogens with one attached hydrogen (secondary N) is 1. The molecule has 30 heavy (non-hydrogen) atoms. The van der Waals surface area contributed by atoms with E-state index >= 15 is 0 Å². The van der Waals surface area contributed by atoms with E-state index in [0.717, 1.165) is 28.7 Å². The SMILES string of the molecule is CCn1c2ccccc2c2cc(NC(=O)/C=C/c3ccc(OC)c(OC)c3)ccc21. The maximum absolute atomic E-state index is 12.5. The van der Waals surface area contributed by atoms with Crippen molar-refractivity contribution in [2.24, 2.45) is 0 Å². The van der Waals surface area contributed by atoms with E-state index < -0.39 is 0 Å². The fraction of sp³-hybridized carbons (Fsp3) is 0.160. The van der Waals surface area contributed by atoms with Crippen LogP contribution >= 0.6 is 0 Å². The first-order valence-corrected chi connectivity index (χ1v) is 9.86. The van der Waals surface area contributed by atoms with Crippen molar-refractivity contribution in [2.75, 3.05) is 19.5 Å². The molecule has 5 heteroatoms. The Kier molecular flexibility index (Phi) is 5.44. The highest BCUT2D eigenvalue weighted by atomic mass is 16.5. The number of benzene rings is 3.